The Morgan fingerprint density at radius 1 is 1.28 bits per heavy atom. The maximum absolute atomic E-state index is 12.0. The van der Waals surface area contributed by atoms with Gasteiger partial charge < -0.3 is 5.32 Å². The topological polar surface area (TPSA) is 62.3 Å². The van der Waals surface area contributed by atoms with Crippen LogP contribution in [0.15, 0.2) is 24.5 Å². The number of hydrogen-bond acceptors (Lipinski definition) is 4. The Kier molecular flexibility index (Phi) is 6.24. The lowest BCUT2D eigenvalue weighted by molar-refractivity contribution is 0.464. The molecule has 0 unspecified atom stereocenters. The molecular weight excluding hydrogens is 250 g/mol. The van der Waals surface area contributed by atoms with E-state index in [9.17, 15) is 8.42 Å². The summed E-state index contributed by atoms with van der Waals surface area (Å²) < 4.78 is 25.4. The largest absolute Gasteiger partial charge is 0.320 e. The molecule has 0 radical (unpaired) electrons. The van der Waals surface area contributed by atoms with E-state index in [-0.39, 0.29) is 5.75 Å². The molecular formula is C12H21N3O2S. The molecule has 1 rings (SSSR count). The van der Waals surface area contributed by atoms with Gasteiger partial charge in [0.05, 0.1) is 5.75 Å². The fraction of sp³-hybridized carbons (Fsp3) is 0.583. The third-order valence-electron chi connectivity index (χ3n) is 2.71. The fourth-order valence-electron chi connectivity index (χ4n) is 1.59. The molecule has 1 aromatic heterocycles. The normalized spacial score (nSPS) is 11.9. The fourth-order valence-corrected chi connectivity index (χ4v) is 2.81. The summed E-state index contributed by atoms with van der Waals surface area (Å²) in [5, 5.41) is 3.01. The van der Waals surface area contributed by atoms with Gasteiger partial charge in [0, 0.05) is 26.0 Å². The zero-order valence-corrected chi connectivity index (χ0v) is 11.8. The summed E-state index contributed by atoms with van der Waals surface area (Å²) in [4.78, 5) is 3.91. The zero-order chi connectivity index (χ0) is 13.4. The molecule has 5 nitrogen and oxygen atoms in total. The lowest BCUT2D eigenvalue weighted by Gasteiger charge is -2.17. The molecule has 0 aliphatic carbocycles. The van der Waals surface area contributed by atoms with Crippen molar-refractivity contribution < 1.29 is 8.42 Å². The first-order chi connectivity index (χ1) is 8.56. The number of sulfonamides is 1. The molecule has 1 N–H and O–H groups in total. The number of hydrogen-bond donors (Lipinski definition) is 1. The van der Waals surface area contributed by atoms with Crippen LogP contribution in [0.25, 0.3) is 0 Å². The van der Waals surface area contributed by atoms with Crippen molar-refractivity contribution >= 4 is 10.0 Å². The van der Waals surface area contributed by atoms with Gasteiger partial charge in [-0.25, -0.2) is 12.7 Å². The van der Waals surface area contributed by atoms with Crippen LogP contribution < -0.4 is 5.32 Å². The van der Waals surface area contributed by atoms with Crippen LogP contribution in [0.3, 0.4) is 0 Å². The monoisotopic (exact) mass is 271 g/mol. The highest BCUT2D eigenvalue weighted by atomic mass is 32.2. The molecule has 0 amide bonds. The van der Waals surface area contributed by atoms with E-state index >= 15 is 0 Å². The smallest absolute Gasteiger partial charge is 0.214 e. The number of unbranched alkanes of at least 4 members (excludes halogenated alkanes) is 1. The van der Waals surface area contributed by atoms with Gasteiger partial charge in [0.2, 0.25) is 10.0 Å². The molecule has 0 aliphatic heterocycles. The molecule has 6 heteroatoms. The number of nitrogens with zero attached hydrogens (tertiary/aromatic N) is 2. The van der Waals surface area contributed by atoms with E-state index in [4.69, 9.17) is 0 Å². The van der Waals surface area contributed by atoms with Gasteiger partial charge in [-0.1, -0.05) is 0 Å². The molecule has 0 bridgehead atoms. The molecule has 102 valence electrons. The van der Waals surface area contributed by atoms with Gasteiger partial charge in [0.25, 0.3) is 0 Å². The molecule has 0 aliphatic rings. The minimum Gasteiger partial charge on any atom is -0.320 e. The van der Waals surface area contributed by atoms with Crippen LogP contribution in [0.2, 0.25) is 0 Å². The third-order valence-corrected chi connectivity index (χ3v) is 4.59. The van der Waals surface area contributed by atoms with Crippen LogP contribution in [0.4, 0.5) is 0 Å². The highest BCUT2D eigenvalue weighted by molar-refractivity contribution is 7.89. The first-order valence-corrected chi connectivity index (χ1v) is 7.64. The van der Waals surface area contributed by atoms with Crippen LogP contribution in [-0.2, 0) is 16.6 Å². The highest BCUT2D eigenvalue weighted by Gasteiger charge is 2.17. The summed E-state index contributed by atoms with van der Waals surface area (Å²) in [5.41, 5.74) is 0.950. The van der Waals surface area contributed by atoms with Crippen molar-refractivity contribution in [3.05, 3.63) is 30.1 Å². The first-order valence-electron chi connectivity index (χ1n) is 6.04. The highest BCUT2D eigenvalue weighted by Crippen LogP contribution is 2.08. The van der Waals surface area contributed by atoms with Gasteiger partial charge in [-0.15, -0.1) is 0 Å². The summed E-state index contributed by atoms with van der Waals surface area (Å²) in [7, 11) is 0.330. The SMILES string of the molecule is CNCCCCS(=O)(=O)N(C)Cc1ccncc1. The van der Waals surface area contributed by atoms with E-state index in [1.54, 1.807) is 19.4 Å². The van der Waals surface area contributed by atoms with E-state index < -0.39 is 10.0 Å². The van der Waals surface area contributed by atoms with Crippen molar-refractivity contribution in [2.45, 2.75) is 19.4 Å². The van der Waals surface area contributed by atoms with Crippen molar-refractivity contribution in [1.29, 1.82) is 0 Å². The molecule has 0 spiro atoms. The Labute approximate surface area is 109 Å². The lowest BCUT2D eigenvalue weighted by Crippen LogP contribution is -2.29. The van der Waals surface area contributed by atoms with Crippen molar-refractivity contribution in [3.63, 3.8) is 0 Å². The minimum absolute atomic E-state index is 0.205. The van der Waals surface area contributed by atoms with Crippen LogP contribution in [0, 0.1) is 0 Å². The Hall–Kier alpha value is -0.980. The average Bonchev–Trinajstić information content (AvgIpc) is 2.36. The molecule has 0 fully saturated rings. The molecule has 1 aromatic rings. The van der Waals surface area contributed by atoms with Gasteiger partial charge in [-0.05, 0) is 44.1 Å². The maximum Gasteiger partial charge on any atom is 0.214 e. The van der Waals surface area contributed by atoms with E-state index in [1.165, 1.54) is 4.31 Å². The van der Waals surface area contributed by atoms with Gasteiger partial charge in [0.1, 0.15) is 0 Å². The van der Waals surface area contributed by atoms with Crippen molar-refractivity contribution in [1.82, 2.24) is 14.6 Å². The summed E-state index contributed by atoms with van der Waals surface area (Å²) in [5.74, 6) is 0.205. The number of aromatic nitrogens is 1. The van der Waals surface area contributed by atoms with Crippen LogP contribution in [-0.4, -0.2) is 44.1 Å². The standard InChI is InChI=1S/C12H21N3O2S/c1-13-7-3-4-10-18(16,17)15(2)11-12-5-8-14-9-6-12/h5-6,8-9,13H,3-4,7,10-11H2,1-2H3. The molecule has 0 aromatic carbocycles. The number of rotatable bonds is 8. The van der Waals surface area contributed by atoms with Gasteiger partial charge in [-0.3, -0.25) is 4.98 Å². The molecule has 0 atom stereocenters. The van der Waals surface area contributed by atoms with Gasteiger partial charge in [0.15, 0.2) is 0 Å². The van der Waals surface area contributed by atoms with E-state index in [2.05, 4.69) is 10.3 Å². The number of nitrogens with one attached hydrogen (secondary N) is 1. The average molecular weight is 271 g/mol. The van der Waals surface area contributed by atoms with Crippen LogP contribution in [0.1, 0.15) is 18.4 Å². The number of pyridine rings is 1. The molecule has 0 saturated heterocycles. The predicted octanol–water partition coefficient (Wildman–Crippen LogP) is 0.843. The Bertz CT molecular complexity index is 434. The summed E-state index contributed by atoms with van der Waals surface area (Å²) >= 11 is 0. The van der Waals surface area contributed by atoms with Crippen molar-refractivity contribution in [3.8, 4) is 0 Å². The first kappa shape index (κ1) is 15.1. The van der Waals surface area contributed by atoms with Crippen LogP contribution in [0.5, 0.6) is 0 Å². The molecule has 1 heterocycles. The second kappa shape index (κ2) is 7.45. The Morgan fingerprint density at radius 2 is 1.94 bits per heavy atom. The van der Waals surface area contributed by atoms with E-state index in [0.29, 0.717) is 13.0 Å². The van der Waals surface area contributed by atoms with Crippen LogP contribution >= 0.6 is 0 Å². The second-order valence-electron chi connectivity index (χ2n) is 4.24. The van der Waals surface area contributed by atoms with Gasteiger partial charge in [-0.2, -0.15) is 0 Å². The molecule has 0 saturated carbocycles. The quantitative estimate of drug-likeness (QED) is 0.712. The predicted molar refractivity (Wildman–Crippen MR) is 72.7 cm³/mol. The molecule has 18 heavy (non-hydrogen) atoms. The van der Waals surface area contributed by atoms with E-state index in [0.717, 1.165) is 18.5 Å². The third kappa shape index (κ3) is 5.12. The zero-order valence-electron chi connectivity index (χ0n) is 11.0. The summed E-state index contributed by atoms with van der Waals surface area (Å²) in [6, 6.07) is 3.65. The Balaban J connectivity index is 2.46. The Morgan fingerprint density at radius 3 is 2.56 bits per heavy atom. The summed E-state index contributed by atoms with van der Waals surface area (Å²) in [6.45, 7) is 1.25. The second-order valence-corrected chi connectivity index (χ2v) is 6.43. The van der Waals surface area contributed by atoms with Crippen molar-refractivity contribution in [2.24, 2.45) is 0 Å². The minimum atomic E-state index is -3.15. The summed E-state index contributed by atoms with van der Waals surface area (Å²) in [6.07, 6.45) is 4.90. The maximum atomic E-state index is 12.0. The van der Waals surface area contributed by atoms with E-state index in [1.807, 2.05) is 19.2 Å². The lowest BCUT2D eigenvalue weighted by atomic mass is 10.3. The van der Waals surface area contributed by atoms with Crippen molar-refractivity contribution in [2.75, 3.05) is 26.4 Å². The van der Waals surface area contributed by atoms with Gasteiger partial charge >= 0.3 is 0 Å².